The van der Waals surface area contributed by atoms with E-state index in [2.05, 4.69) is 17.3 Å². The second kappa shape index (κ2) is 6.35. The van der Waals surface area contributed by atoms with Crippen molar-refractivity contribution in [3.8, 4) is 0 Å². The zero-order valence-electron chi connectivity index (χ0n) is 12.9. The Morgan fingerprint density at radius 2 is 2.00 bits per heavy atom. The van der Waals surface area contributed by atoms with Crippen LogP contribution in [-0.4, -0.2) is 16.8 Å². The molecule has 3 nitrogen and oxygen atoms in total. The molecule has 0 fully saturated rings. The molecule has 1 aromatic heterocycles. The number of aromatic nitrogens is 2. The Morgan fingerprint density at radius 3 is 2.62 bits per heavy atom. The van der Waals surface area contributed by atoms with Crippen molar-refractivity contribution in [2.75, 3.05) is 7.05 Å². The molecule has 21 heavy (non-hydrogen) atoms. The highest BCUT2D eigenvalue weighted by Gasteiger charge is 2.19. The largest absolute Gasteiger partial charge is 0.313 e. The Balaban J connectivity index is 2.38. The first-order valence-corrected chi connectivity index (χ1v) is 7.13. The highest BCUT2D eigenvalue weighted by Crippen LogP contribution is 2.24. The average Bonchev–Trinajstić information content (AvgIpc) is 2.72. The van der Waals surface area contributed by atoms with Gasteiger partial charge >= 0.3 is 0 Å². The predicted octanol–water partition coefficient (Wildman–Crippen LogP) is 3.50. The van der Waals surface area contributed by atoms with Gasteiger partial charge in [-0.2, -0.15) is 5.10 Å². The van der Waals surface area contributed by atoms with E-state index in [4.69, 9.17) is 0 Å². The molecule has 0 saturated heterocycles. The van der Waals surface area contributed by atoms with Gasteiger partial charge in [0.05, 0.1) is 12.2 Å². The van der Waals surface area contributed by atoms with Gasteiger partial charge < -0.3 is 5.32 Å². The lowest BCUT2D eigenvalue weighted by Crippen LogP contribution is -2.17. The van der Waals surface area contributed by atoms with Crippen LogP contribution < -0.4 is 5.32 Å². The van der Waals surface area contributed by atoms with Crippen LogP contribution in [0.4, 0.5) is 8.78 Å². The van der Waals surface area contributed by atoms with Crippen LogP contribution in [0.2, 0.25) is 0 Å². The lowest BCUT2D eigenvalue weighted by Gasteiger charge is -2.15. The molecule has 0 spiro atoms. The van der Waals surface area contributed by atoms with Gasteiger partial charge in [0.25, 0.3) is 0 Å². The average molecular weight is 293 g/mol. The van der Waals surface area contributed by atoms with Crippen molar-refractivity contribution in [3.05, 3.63) is 52.3 Å². The molecule has 0 bridgehead atoms. The number of nitrogens with zero attached hydrogens (tertiary/aromatic N) is 2. The molecule has 1 N–H and O–H groups in total. The van der Waals surface area contributed by atoms with Crippen molar-refractivity contribution in [2.24, 2.45) is 0 Å². The van der Waals surface area contributed by atoms with E-state index in [9.17, 15) is 8.78 Å². The zero-order chi connectivity index (χ0) is 15.6. The first-order chi connectivity index (χ1) is 9.97. The minimum Gasteiger partial charge on any atom is -0.313 e. The summed E-state index contributed by atoms with van der Waals surface area (Å²) in [6.07, 6.45) is 0.943. The molecule has 2 aromatic rings. The summed E-state index contributed by atoms with van der Waals surface area (Å²) in [5.74, 6) is -0.846. The molecule has 1 unspecified atom stereocenters. The van der Waals surface area contributed by atoms with Crippen LogP contribution in [-0.2, 0) is 6.54 Å². The molecule has 0 aliphatic carbocycles. The van der Waals surface area contributed by atoms with E-state index in [-0.39, 0.29) is 12.6 Å². The van der Waals surface area contributed by atoms with Gasteiger partial charge in [0, 0.05) is 22.9 Å². The molecular formula is C16H21F2N3. The maximum atomic E-state index is 13.8. The number of rotatable bonds is 5. The third kappa shape index (κ3) is 3.13. The molecule has 1 heterocycles. The van der Waals surface area contributed by atoms with Crippen molar-refractivity contribution in [1.82, 2.24) is 15.1 Å². The second-order valence-electron chi connectivity index (χ2n) is 5.23. The Hall–Kier alpha value is -1.75. The third-order valence-corrected chi connectivity index (χ3v) is 3.87. The van der Waals surface area contributed by atoms with E-state index in [1.165, 1.54) is 6.07 Å². The third-order valence-electron chi connectivity index (χ3n) is 3.87. The lowest BCUT2D eigenvalue weighted by atomic mass is 10.0. The topological polar surface area (TPSA) is 29.9 Å². The Morgan fingerprint density at radius 1 is 1.29 bits per heavy atom. The van der Waals surface area contributed by atoms with E-state index in [1.54, 1.807) is 4.68 Å². The Bertz CT molecular complexity index is 631. The molecule has 0 aliphatic heterocycles. The number of benzene rings is 1. The van der Waals surface area contributed by atoms with Gasteiger partial charge in [-0.05, 0) is 45.5 Å². The van der Waals surface area contributed by atoms with E-state index in [1.807, 2.05) is 20.9 Å². The number of nitrogens with one attached hydrogen (secondary N) is 1. The molecule has 1 atom stereocenters. The van der Waals surface area contributed by atoms with Gasteiger partial charge in [0.2, 0.25) is 0 Å². The van der Waals surface area contributed by atoms with Crippen LogP contribution in [0.25, 0.3) is 0 Å². The van der Waals surface area contributed by atoms with Gasteiger partial charge in [0.1, 0.15) is 11.6 Å². The lowest BCUT2D eigenvalue weighted by molar-refractivity contribution is 0.556. The summed E-state index contributed by atoms with van der Waals surface area (Å²) in [5, 5.41) is 7.74. The summed E-state index contributed by atoms with van der Waals surface area (Å²) >= 11 is 0. The van der Waals surface area contributed by atoms with Gasteiger partial charge in [-0.15, -0.1) is 0 Å². The van der Waals surface area contributed by atoms with Gasteiger partial charge in [0.15, 0.2) is 0 Å². The Labute approximate surface area is 124 Å². The SMILES string of the molecule is CCC(NC)c1c(C)nn(Cc2cc(F)ccc2F)c1C. The Kier molecular flexibility index (Phi) is 4.73. The van der Waals surface area contributed by atoms with Crippen molar-refractivity contribution in [2.45, 2.75) is 39.8 Å². The summed E-state index contributed by atoms with van der Waals surface area (Å²) in [6, 6.07) is 3.72. The van der Waals surface area contributed by atoms with Gasteiger partial charge in [-0.1, -0.05) is 6.92 Å². The van der Waals surface area contributed by atoms with Crippen molar-refractivity contribution in [3.63, 3.8) is 0 Å². The summed E-state index contributed by atoms with van der Waals surface area (Å²) in [6.45, 7) is 6.24. The van der Waals surface area contributed by atoms with E-state index < -0.39 is 11.6 Å². The fourth-order valence-electron chi connectivity index (χ4n) is 2.75. The summed E-state index contributed by atoms with van der Waals surface area (Å²) in [7, 11) is 1.91. The fraction of sp³-hybridized carbons (Fsp3) is 0.438. The smallest absolute Gasteiger partial charge is 0.128 e. The van der Waals surface area contributed by atoms with E-state index in [0.717, 1.165) is 35.5 Å². The fourth-order valence-corrected chi connectivity index (χ4v) is 2.75. The van der Waals surface area contributed by atoms with E-state index in [0.29, 0.717) is 5.56 Å². The molecule has 0 radical (unpaired) electrons. The molecular weight excluding hydrogens is 272 g/mol. The van der Waals surface area contributed by atoms with Crippen LogP contribution >= 0.6 is 0 Å². The van der Waals surface area contributed by atoms with Gasteiger partial charge in [-0.3, -0.25) is 4.68 Å². The second-order valence-corrected chi connectivity index (χ2v) is 5.23. The van der Waals surface area contributed by atoms with E-state index >= 15 is 0 Å². The molecule has 0 aliphatic rings. The normalized spacial score (nSPS) is 12.7. The molecule has 114 valence electrons. The maximum Gasteiger partial charge on any atom is 0.128 e. The summed E-state index contributed by atoms with van der Waals surface area (Å²) in [5.41, 5.74) is 3.35. The number of halogens is 2. The summed E-state index contributed by atoms with van der Waals surface area (Å²) in [4.78, 5) is 0. The van der Waals surface area contributed by atoms with Crippen LogP contribution in [0.5, 0.6) is 0 Å². The minimum absolute atomic E-state index is 0.219. The molecule has 0 saturated carbocycles. The minimum atomic E-state index is -0.435. The van der Waals surface area contributed by atoms with Crippen molar-refractivity contribution >= 4 is 0 Å². The van der Waals surface area contributed by atoms with Crippen molar-refractivity contribution < 1.29 is 8.78 Å². The quantitative estimate of drug-likeness (QED) is 0.914. The molecule has 1 aromatic carbocycles. The monoisotopic (exact) mass is 293 g/mol. The predicted molar refractivity (Wildman–Crippen MR) is 79.3 cm³/mol. The first-order valence-electron chi connectivity index (χ1n) is 7.13. The number of hydrogen-bond acceptors (Lipinski definition) is 2. The summed E-state index contributed by atoms with van der Waals surface area (Å²) < 4.78 is 28.8. The number of aryl methyl sites for hydroxylation is 1. The highest BCUT2D eigenvalue weighted by molar-refractivity contribution is 5.29. The van der Waals surface area contributed by atoms with Crippen LogP contribution in [0.15, 0.2) is 18.2 Å². The standard InChI is InChI=1S/C16H21F2N3/c1-5-15(19-4)16-10(2)20-21(11(16)3)9-12-8-13(17)6-7-14(12)18/h6-8,15,19H,5,9H2,1-4H3. The highest BCUT2D eigenvalue weighted by atomic mass is 19.1. The van der Waals surface area contributed by atoms with Crippen LogP contribution in [0, 0.1) is 25.5 Å². The number of hydrogen-bond donors (Lipinski definition) is 1. The van der Waals surface area contributed by atoms with Crippen LogP contribution in [0.3, 0.4) is 0 Å². The maximum absolute atomic E-state index is 13.8. The zero-order valence-corrected chi connectivity index (χ0v) is 12.9. The van der Waals surface area contributed by atoms with Crippen molar-refractivity contribution in [1.29, 1.82) is 0 Å². The first kappa shape index (κ1) is 15.6. The molecule has 5 heteroatoms. The van der Waals surface area contributed by atoms with Crippen LogP contribution in [0.1, 0.15) is 41.9 Å². The molecule has 2 rings (SSSR count). The van der Waals surface area contributed by atoms with Gasteiger partial charge in [-0.25, -0.2) is 8.78 Å². The molecule has 0 amide bonds.